The van der Waals surface area contributed by atoms with E-state index in [-0.39, 0.29) is 11.9 Å². The van der Waals surface area contributed by atoms with E-state index in [9.17, 15) is 4.79 Å². The quantitative estimate of drug-likeness (QED) is 0.686. The number of aromatic nitrogens is 1. The van der Waals surface area contributed by atoms with Gasteiger partial charge in [-0.3, -0.25) is 4.79 Å². The van der Waals surface area contributed by atoms with Crippen molar-refractivity contribution in [3.63, 3.8) is 0 Å². The van der Waals surface area contributed by atoms with Gasteiger partial charge in [0, 0.05) is 12.2 Å². The largest absolute Gasteiger partial charge is 0.357 e. The van der Waals surface area contributed by atoms with Crippen molar-refractivity contribution >= 4 is 5.91 Å². The molecule has 0 aliphatic heterocycles. The van der Waals surface area contributed by atoms with Gasteiger partial charge in [0.15, 0.2) is 0 Å². The van der Waals surface area contributed by atoms with E-state index in [1.807, 2.05) is 26.8 Å². The van der Waals surface area contributed by atoms with Crippen LogP contribution < -0.4 is 5.32 Å². The summed E-state index contributed by atoms with van der Waals surface area (Å²) in [7, 11) is 0. The number of hydrogen-bond acceptors (Lipinski definition) is 1. The predicted octanol–water partition coefficient (Wildman–Crippen LogP) is 1.46. The third-order valence-electron chi connectivity index (χ3n) is 1.60. The molecule has 0 aliphatic carbocycles. The second kappa shape index (κ2) is 3.43. The highest BCUT2D eigenvalue weighted by molar-refractivity contribution is 5.93. The van der Waals surface area contributed by atoms with E-state index < -0.39 is 0 Å². The molecule has 3 nitrogen and oxygen atoms in total. The minimum absolute atomic E-state index is 0.0347. The summed E-state index contributed by atoms with van der Waals surface area (Å²) in [5.41, 5.74) is 1.64. The van der Waals surface area contributed by atoms with Crippen LogP contribution in [0, 0.1) is 6.92 Å². The van der Waals surface area contributed by atoms with Gasteiger partial charge in [-0.2, -0.15) is 0 Å². The number of rotatable bonds is 2. The maximum Gasteiger partial charge on any atom is 0.268 e. The SMILES string of the molecule is Cc1cc[nH]c1C(=O)NC(C)C. The molecule has 3 heteroatoms. The molecule has 1 aromatic rings. The lowest BCUT2D eigenvalue weighted by Crippen LogP contribution is -2.30. The highest BCUT2D eigenvalue weighted by atomic mass is 16.1. The van der Waals surface area contributed by atoms with Crippen LogP contribution >= 0.6 is 0 Å². The normalized spacial score (nSPS) is 10.3. The first-order valence-electron chi connectivity index (χ1n) is 4.06. The summed E-state index contributed by atoms with van der Waals surface area (Å²) in [6.07, 6.45) is 1.77. The maximum atomic E-state index is 11.4. The van der Waals surface area contributed by atoms with Gasteiger partial charge in [0.1, 0.15) is 5.69 Å². The number of amides is 1. The molecule has 0 fully saturated rings. The van der Waals surface area contributed by atoms with Crippen molar-refractivity contribution < 1.29 is 4.79 Å². The lowest BCUT2D eigenvalue weighted by Gasteiger charge is -2.07. The molecule has 66 valence electrons. The van der Waals surface area contributed by atoms with Crippen LogP contribution in [0.2, 0.25) is 0 Å². The number of carbonyl (C=O) groups is 1. The summed E-state index contributed by atoms with van der Waals surface area (Å²) in [5.74, 6) is -0.0347. The first kappa shape index (κ1) is 8.84. The van der Waals surface area contributed by atoms with Crippen molar-refractivity contribution in [1.29, 1.82) is 0 Å². The summed E-state index contributed by atoms with van der Waals surface area (Å²) in [5, 5.41) is 2.82. The van der Waals surface area contributed by atoms with Crippen molar-refractivity contribution in [3.05, 3.63) is 23.5 Å². The van der Waals surface area contributed by atoms with E-state index in [0.29, 0.717) is 5.69 Å². The molecule has 0 aromatic carbocycles. The Hall–Kier alpha value is -1.25. The molecule has 0 saturated heterocycles. The molecule has 2 N–H and O–H groups in total. The van der Waals surface area contributed by atoms with Gasteiger partial charge in [0.25, 0.3) is 5.91 Å². The Balaban J connectivity index is 2.72. The number of aromatic amines is 1. The smallest absolute Gasteiger partial charge is 0.268 e. The number of aryl methyl sites for hydroxylation is 1. The summed E-state index contributed by atoms with van der Waals surface area (Å²) >= 11 is 0. The molecule has 0 bridgehead atoms. The fraction of sp³-hybridized carbons (Fsp3) is 0.444. The summed E-state index contributed by atoms with van der Waals surface area (Å²) in [6, 6.07) is 2.06. The van der Waals surface area contributed by atoms with Crippen LogP contribution in [-0.4, -0.2) is 16.9 Å². The summed E-state index contributed by atoms with van der Waals surface area (Å²) < 4.78 is 0. The van der Waals surface area contributed by atoms with E-state index in [4.69, 9.17) is 0 Å². The van der Waals surface area contributed by atoms with E-state index in [2.05, 4.69) is 10.3 Å². The fourth-order valence-corrected chi connectivity index (χ4v) is 1.03. The Labute approximate surface area is 72.2 Å². The zero-order valence-electron chi connectivity index (χ0n) is 7.64. The van der Waals surface area contributed by atoms with Crippen LogP contribution in [-0.2, 0) is 0 Å². The third kappa shape index (κ3) is 1.87. The van der Waals surface area contributed by atoms with Crippen molar-refractivity contribution in [2.75, 3.05) is 0 Å². The number of H-pyrrole nitrogens is 1. The van der Waals surface area contributed by atoms with Crippen molar-refractivity contribution in [2.45, 2.75) is 26.8 Å². The standard InChI is InChI=1S/C9H14N2O/c1-6(2)11-9(12)8-7(3)4-5-10-8/h4-6,10H,1-3H3,(H,11,12). The zero-order valence-corrected chi connectivity index (χ0v) is 7.64. The Kier molecular flexibility index (Phi) is 2.53. The van der Waals surface area contributed by atoms with Gasteiger partial charge in [-0.25, -0.2) is 0 Å². The molecular formula is C9H14N2O. The Bertz CT molecular complexity index is 276. The van der Waals surface area contributed by atoms with Crippen LogP contribution in [0.4, 0.5) is 0 Å². The summed E-state index contributed by atoms with van der Waals surface area (Å²) in [6.45, 7) is 5.79. The van der Waals surface area contributed by atoms with Crippen LogP contribution in [0.3, 0.4) is 0 Å². The fourth-order valence-electron chi connectivity index (χ4n) is 1.03. The van der Waals surface area contributed by atoms with Crippen LogP contribution in [0.5, 0.6) is 0 Å². The molecule has 12 heavy (non-hydrogen) atoms. The van der Waals surface area contributed by atoms with Gasteiger partial charge in [-0.05, 0) is 32.4 Å². The van der Waals surface area contributed by atoms with Gasteiger partial charge < -0.3 is 10.3 Å². The molecule has 0 saturated carbocycles. The van der Waals surface area contributed by atoms with E-state index in [0.717, 1.165) is 5.56 Å². The molecular weight excluding hydrogens is 152 g/mol. The second-order valence-corrected chi connectivity index (χ2v) is 3.16. The molecule has 0 radical (unpaired) electrons. The zero-order chi connectivity index (χ0) is 9.14. The minimum Gasteiger partial charge on any atom is -0.357 e. The van der Waals surface area contributed by atoms with Gasteiger partial charge in [0.2, 0.25) is 0 Å². The van der Waals surface area contributed by atoms with Crippen LogP contribution in [0.25, 0.3) is 0 Å². The van der Waals surface area contributed by atoms with Gasteiger partial charge >= 0.3 is 0 Å². The van der Waals surface area contributed by atoms with Crippen LogP contribution in [0.1, 0.15) is 29.9 Å². The van der Waals surface area contributed by atoms with Gasteiger partial charge in [-0.1, -0.05) is 0 Å². The molecule has 1 rings (SSSR count). The Morgan fingerprint density at radius 3 is 2.67 bits per heavy atom. The topological polar surface area (TPSA) is 44.9 Å². The van der Waals surface area contributed by atoms with Gasteiger partial charge in [-0.15, -0.1) is 0 Å². The first-order chi connectivity index (χ1) is 5.61. The van der Waals surface area contributed by atoms with Crippen molar-refractivity contribution in [1.82, 2.24) is 10.3 Å². The highest BCUT2D eigenvalue weighted by Gasteiger charge is 2.09. The average Bonchev–Trinajstić information content (AvgIpc) is 2.33. The average molecular weight is 166 g/mol. The highest BCUT2D eigenvalue weighted by Crippen LogP contribution is 2.03. The molecule has 0 atom stereocenters. The van der Waals surface area contributed by atoms with Crippen molar-refractivity contribution in [2.24, 2.45) is 0 Å². The predicted molar refractivity (Wildman–Crippen MR) is 48.1 cm³/mol. The molecule has 1 amide bonds. The monoisotopic (exact) mass is 166 g/mol. The van der Waals surface area contributed by atoms with E-state index in [1.165, 1.54) is 0 Å². The number of hydrogen-bond donors (Lipinski definition) is 2. The Morgan fingerprint density at radius 1 is 1.58 bits per heavy atom. The van der Waals surface area contributed by atoms with E-state index >= 15 is 0 Å². The molecule has 1 heterocycles. The number of carbonyl (C=O) groups excluding carboxylic acids is 1. The number of nitrogens with one attached hydrogen (secondary N) is 2. The van der Waals surface area contributed by atoms with Crippen LogP contribution in [0.15, 0.2) is 12.3 Å². The Morgan fingerprint density at radius 2 is 2.25 bits per heavy atom. The van der Waals surface area contributed by atoms with E-state index in [1.54, 1.807) is 6.20 Å². The molecule has 0 unspecified atom stereocenters. The minimum atomic E-state index is -0.0347. The first-order valence-corrected chi connectivity index (χ1v) is 4.06. The lowest BCUT2D eigenvalue weighted by atomic mass is 10.2. The molecule has 0 aliphatic rings. The maximum absolute atomic E-state index is 11.4. The van der Waals surface area contributed by atoms with Crippen molar-refractivity contribution in [3.8, 4) is 0 Å². The van der Waals surface area contributed by atoms with Gasteiger partial charge in [0.05, 0.1) is 0 Å². The third-order valence-corrected chi connectivity index (χ3v) is 1.60. The lowest BCUT2D eigenvalue weighted by molar-refractivity contribution is 0.0938. The summed E-state index contributed by atoms with van der Waals surface area (Å²) in [4.78, 5) is 14.3. The molecule has 1 aromatic heterocycles. The molecule has 0 spiro atoms. The second-order valence-electron chi connectivity index (χ2n) is 3.16.